The molecule has 0 N–H and O–H groups in total. The quantitative estimate of drug-likeness (QED) is 0.129. The monoisotopic (exact) mass is 482 g/mol. The molecule has 0 spiro atoms. The highest BCUT2D eigenvalue weighted by Gasteiger charge is 2.08. The maximum absolute atomic E-state index is 11.7. The average molecular weight is 483 g/mol. The van der Waals surface area contributed by atoms with E-state index in [9.17, 15) is 9.59 Å². The van der Waals surface area contributed by atoms with Gasteiger partial charge in [-0.1, -0.05) is 25.3 Å². The van der Waals surface area contributed by atoms with E-state index < -0.39 is 11.9 Å². The van der Waals surface area contributed by atoms with Crippen LogP contribution in [0.5, 0.6) is 5.75 Å². The van der Waals surface area contributed by atoms with Crippen molar-refractivity contribution >= 4 is 34.7 Å². The summed E-state index contributed by atoms with van der Waals surface area (Å²) in [6.45, 7) is 10.6. The lowest BCUT2D eigenvalue weighted by molar-refractivity contribution is -0.137. The number of rotatable bonds is 10. The number of carbonyl (C=O) groups excluding carboxylic acids is 2. The Morgan fingerprint density at radius 2 is 1.44 bits per heavy atom. The summed E-state index contributed by atoms with van der Waals surface area (Å²) >= 11 is 0. The summed E-state index contributed by atoms with van der Waals surface area (Å²) in [5.41, 5.74) is 4.72. The number of carbonyl (C=O) groups is 2. The molecule has 8 nitrogen and oxygen atoms in total. The molecule has 0 atom stereocenters. The van der Waals surface area contributed by atoms with Crippen LogP contribution in [-0.4, -0.2) is 18.5 Å². The summed E-state index contributed by atoms with van der Waals surface area (Å²) < 4.78 is 10.3. The summed E-state index contributed by atoms with van der Waals surface area (Å²) in [5, 5.41) is 17.0. The number of hydrogen-bond acceptors (Lipinski definition) is 8. The molecule has 3 aromatic carbocycles. The first-order chi connectivity index (χ1) is 17.3. The van der Waals surface area contributed by atoms with Gasteiger partial charge < -0.3 is 9.47 Å². The van der Waals surface area contributed by atoms with Gasteiger partial charge in [0.1, 0.15) is 5.75 Å². The van der Waals surface area contributed by atoms with Crippen molar-refractivity contribution in [2.24, 2.45) is 20.5 Å². The molecule has 8 heteroatoms. The molecule has 0 aliphatic heterocycles. The van der Waals surface area contributed by atoms with Gasteiger partial charge in [-0.3, -0.25) is 0 Å². The minimum Gasteiger partial charge on any atom is -0.462 e. The van der Waals surface area contributed by atoms with Gasteiger partial charge in [0.2, 0.25) is 0 Å². The van der Waals surface area contributed by atoms with Crippen LogP contribution in [-0.2, 0) is 20.7 Å². The fourth-order valence-corrected chi connectivity index (χ4v) is 2.92. The Morgan fingerprint density at radius 1 is 0.861 bits per heavy atom. The Balaban J connectivity index is 1.59. The van der Waals surface area contributed by atoms with E-state index in [0.717, 1.165) is 17.2 Å². The normalized spacial score (nSPS) is 10.9. The molecule has 0 unspecified atom stereocenters. The minimum atomic E-state index is -0.469. The van der Waals surface area contributed by atoms with Gasteiger partial charge in [-0.25, -0.2) is 9.59 Å². The second kappa shape index (κ2) is 12.7. The van der Waals surface area contributed by atoms with E-state index in [4.69, 9.17) is 9.47 Å². The molecular weight excluding hydrogens is 456 g/mol. The van der Waals surface area contributed by atoms with Crippen LogP contribution >= 0.6 is 0 Å². The summed E-state index contributed by atoms with van der Waals surface area (Å²) in [5.74, 6) is -0.453. The standard InChI is InChI=1S/C28H26N4O4/c1-5-27(33)35-16-15-21-7-6-8-24(18-21)31-29-22-9-11-23(12-10-22)30-32-25-13-14-26(20(4)17-25)36-28(34)19(2)3/h5-14,17-18H,1-2,15-16H2,3-4H3/b31-29+,32-30+. The Kier molecular flexibility index (Phi) is 9.11. The molecule has 3 rings (SSSR count). The topological polar surface area (TPSA) is 102 Å². The molecule has 0 bridgehead atoms. The summed E-state index contributed by atoms with van der Waals surface area (Å²) in [7, 11) is 0. The Bertz CT molecular complexity index is 1330. The zero-order chi connectivity index (χ0) is 25.9. The number of ether oxygens (including phenoxy) is 2. The molecule has 0 fully saturated rings. The summed E-state index contributed by atoms with van der Waals surface area (Å²) in [4.78, 5) is 22.8. The number of nitrogens with zero attached hydrogens (tertiary/aromatic N) is 4. The van der Waals surface area contributed by atoms with Crippen molar-refractivity contribution in [1.82, 2.24) is 0 Å². The van der Waals surface area contributed by atoms with Crippen LogP contribution in [0.1, 0.15) is 18.1 Å². The second-order valence-electron chi connectivity index (χ2n) is 7.83. The van der Waals surface area contributed by atoms with Gasteiger partial charge >= 0.3 is 11.9 Å². The first-order valence-corrected chi connectivity index (χ1v) is 11.1. The van der Waals surface area contributed by atoms with E-state index in [-0.39, 0.29) is 6.61 Å². The van der Waals surface area contributed by atoms with E-state index >= 15 is 0 Å². The van der Waals surface area contributed by atoms with Crippen LogP contribution in [0.25, 0.3) is 0 Å². The molecule has 0 amide bonds. The third-order valence-electron chi connectivity index (χ3n) is 4.83. The first kappa shape index (κ1) is 25.9. The van der Waals surface area contributed by atoms with E-state index in [1.807, 2.05) is 31.2 Å². The molecule has 0 saturated heterocycles. The van der Waals surface area contributed by atoms with Crippen molar-refractivity contribution < 1.29 is 19.1 Å². The predicted molar refractivity (Wildman–Crippen MR) is 138 cm³/mol. The third-order valence-corrected chi connectivity index (χ3v) is 4.83. The van der Waals surface area contributed by atoms with E-state index in [0.29, 0.717) is 40.5 Å². The zero-order valence-corrected chi connectivity index (χ0v) is 20.2. The highest BCUT2D eigenvalue weighted by atomic mass is 16.5. The maximum atomic E-state index is 11.7. The van der Waals surface area contributed by atoms with Crippen LogP contribution in [0.4, 0.5) is 22.7 Å². The SMILES string of the molecule is C=CC(=O)OCCc1cccc(/N=N/c2ccc(/N=N/c3ccc(OC(=O)C(=C)C)c(C)c3)cc2)c1. The van der Waals surface area contributed by atoms with Crippen LogP contribution < -0.4 is 4.74 Å². The van der Waals surface area contributed by atoms with Crippen LogP contribution in [0, 0.1) is 6.92 Å². The van der Waals surface area contributed by atoms with Gasteiger partial charge in [-0.2, -0.15) is 20.5 Å². The molecule has 3 aromatic rings. The molecule has 0 heterocycles. The van der Waals surface area contributed by atoms with Crippen molar-refractivity contribution in [2.75, 3.05) is 6.61 Å². The van der Waals surface area contributed by atoms with Crippen LogP contribution in [0.15, 0.2) is 112 Å². The maximum Gasteiger partial charge on any atom is 0.338 e. The van der Waals surface area contributed by atoms with Crippen LogP contribution in [0.2, 0.25) is 0 Å². The lowest BCUT2D eigenvalue weighted by Crippen LogP contribution is -2.08. The third kappa shape index (κ3) is 7.95. The predicted octanol–water partition coefficient (Wildman–Crippen LogP) is 7.58. The number of benzene rings is 3. The average Bonchev–Trinajstić information content (AvgIpc) is 2.88. The second-order valence-corrected chi connectivity index (χ2v) is 7.83. The Labute approximate surface area is 209 Å². The van der Waals surface area contributed by atoms with E-state index in [1.165, 1.54) is 0 Å². The lowest BCUT2D eigenvalue weighted by Gasteiger charge is -2.07. The number of aryl methyl sites for hydroxylation is 1. The van der Waals surface area contributed by atoms with Gasteiger partial charge in [0.15, 0.2) is 0 Å². The summed E-state index contributed by atoms with van der Waals surface area (Å²) in [6.07, 6.45) is 1.71. The van der Waals surface area contributed by atoms with Gasteiger partial charge in [0, 0.05) is 18.1 Å². The first-order valence-electron chi connectivity index (χ1n) is 11.1. The van der Waals surface area contributed by atoms with Crippen molar-refractivity contribution in [3.8, 4) is 5.75 Å². The molecule has 0 aliphatic rings. The molecule has 0 saturated carbocycles. The van der Waals surface area contributed by atoms with Gasteiger partial charge in [-0.05, 0) is 79.6 Å². The van der Waals surface area contributed by atoms with Gasteiger partial charge in [0.05, 0.1) is 29.4 Å². The van der Waals surface area contributed by atoms with E-state index in [1.54, 1.807) is 49.4 Å². The van der Waals surface area contributed by atoms with Crippen LogP contribution in [0.3, 0.4) is 0 Å². The fraction of sp³-hybridized carbons (Fsp3) is 0.143. The van der Waals surface area contributed by atoms with Gasteiger partial charge in [-0.15, -0.1) is 0 Å². The summed E-state index contributed by atoms with van der Waals surface area (Å²) in [6, 6.07) is 19.9. The molecular formula is C28H26N4O4. The smallest absolute Gasteiger partial charge is 0.338 e. The Hall–Kier alpha value is -4.72. The number of azo groups is 2. The van der Waals surface area contributed by atoms with Crippen molar-refractivity contribution in [3.05, 3.63) is 103 Å². The van der Waals surface area contributed by atoms with Crippen molar-refractivity contribution in [2.45, 2.75) is 20.3 Å². The molecule has 36 heavy (non-hydrogen) atoms. The molecule has 182 valence electrons. The highest BCUT2D eigenvalue weighted by Crippen LogP contribution is 2.27. The lowest BCUT2D eigenvalue weighted by atomic mass is 10.1. The number of hydrogen-bond donors (Lipinski definition) is 0. The molecule has 0 radical (unpaired) electrons. The zero-order valence-electron chi connectivity index (χ0n) is 20.2. The number of esters is 2. The fourth-order valence-electron chi connectivity index (χ4n) is 2.92. The largest absolute Gasteiger partial charge is 0.462 e. The minimum absolute atomic E-state index is 0.271. The van der Waals surface area contributed by atoms with E-state index in [2.05, 4.69) is 33.6 Å². The highest BCUT2D eigenvalue weighted by molar-refractivity contribution is 5.89. The molecule has 0 aliphatic carbocycles. The van der Waals surface area contributed by atoms with Gasteiger partial charge in [0.25, 0.3) is 0 Å². The molecule has 0 aromatic heterocycles. The Morgan fingerprint density at radius 3 is 2.03 bits per heavy atom. The van der Waals surface area contributed by atoms with Crippen molar-refractivity contribution in [1.29, 1.82) is 0 Å². The van der Waals surface area contributed by atoms with Crippen molar-refractivity contribution in [3.63, 3.8) is 0 Å².